The van der Waals surface area contributed by atoms with Crippen molar-refractivity contribution in [1.29, 1.82) is 0 Å². The van der Waals surface area contributed by atoms with Crippen molar-refractivity contribution in [1.82, 2.24) is 4.98 Å². The summed E-state index contributed by atoms with van der Waals surface area (Å²) in [6.07, 6.45) is 3.61. The number of esters is 1. The molecule has 1 fully saturated rings. The van der Waals surface area contributed by atoms with Crippen LogP contribution in [0.4, 0.5) is 5.69 Å². The van der Waals surface area contributed by atoms with Crippen LogP contribution in [0.25, 0.3) is 0 Å². The van der Waals surface area contributed by atoms with Gasteiger partial charge in [-0.3, -0.25) is 0 Å². The molecule has 1 aliphatic heterocycles. The average molecular weight is 285 g/mol. The summed E-state index contributed by atoms with van der Waals surface area (Å²) in [5.41, 5.74) is 1.23. The number of carbonyl (C=O) groups is 1. The fourth-order valence-corrected chi connectivity index (χ4v) is 2.43. The van der Waals surface area contributed by atoms with E-state index in [9.17, 15) is 4.79 Å². The smallest absolute Gasteiger partial charge is 0.341 e. The summed E-state index contributed by atoms with van der Waals surface area (Å²) in [6, 6.07) is 1.71. The molecule has 0 radical (unpaired) electrons. The number of hydrogen-bond donors (Lipinski definition) is 0. The lowest BCUT2D eigenvalue weighted by molar-refractivity contribution is 0.0600. The van der Waals surface area contributed by atoms with Crippen molar-refractivity contribution in [2.75, 3.05) is 32.2 Å². The first-order chi connectivity index (χ1) is 9.15. The Morgan fingerprint density at radius 2 is 2.11 bits per heavy atom. The molecular weight excluding hydrogens is 268 g/mol. The minimum atomic E-state index is -0.395. The molecule has 2 rings (SSSR count). The number of halogens is 1. The molecule has 0 spiro atoms. The first kappa shape index (κ1) is 14.1. The molecule has 0 amide bonds. The van der Waals surface area contributed by atoms with E-state index >= 15 is 0 Å². The Labute approximate surface area is 117 Å². The molecule has 0 unspecified atom stereocenters. The van der Waals surface area contributed by atoms with Crippen LogP contribution >= 0.6 is 11.6 Å². The van der Waals surface area contributed by atoms with Crippen LogP contribution in [-0.4, -0.2) is 44.4 Å². The fourth-order valence-electron chi connectivity index (χ4n) is 2.28. The summed E-state index contributed by atoms with van der Waals surface area (Å²) in [7, 11) is 3.08. The minimum absolute atomic E-state index is 0.287. The van der Waals surface area contributed by atoms with Gasteiger partial charge in [0, 0.05) is 26.4 Å². The highest BCUT2D eigenvalue weighted by molar-refractivity contribution is 6.29. The molecule has 0 bridgehead atoms. The largest absolute Gasteiger partial charge is 0.465 e. The van der Waals surface area contributed by atoms with E-state index in [0.717, 1.165) is 31.6 Å². The van der Waals surface area contributed by atoms with Crippen LogP contribution in [0.15, 0.2) is 12.3 Å². The fraction of sp³-hybridized carbons (Fsp3) is 0.538. The Hall–Kier alpha value is -1.33. The molecule has 104 valence electrons. The predicted molar refractivity (Wildman–Crippen MR) is 72.8 cm³/mol. The number of pyridine rings is 1. The molecule has 1 aromatic heterocycles. The second-order valence-corrected chi connectivity index (χ2v) is 4.83. The summed E-state index contributed by atoms with van der Waals surface area (Å²) in [5.74, 6) is -0.395. The van der Waals surface area contributed by atoms with Gasteiger partial charge in [0.05, 0.1) is 18.9 Å². The van der Waals surface area contributed by atoms with Crippen LogP contribution in [0.5, 0.6) is 0 Å². The quantitative estimate of drug-likeness (QED) is 0.629. The van der Waals surface area contributed by atoms with E-state index in [0.29, 0.717) is 10.7 Å². The summed E-state index contributed by atoms with van der Waals surface area (Å²) in [6.45, 7) is 1.64. The van der Waals surface area contributed by atoms with Crippen molar-refractivity contribution in [3.63, 3.8) is 0 Å². The number of carbonyl (C=O) groups excluding carboxylic acids is 1. The Morgan fingerprint density at radius 1 is 1.42 bits per heavy atom. The molecule has 19 heavy (non-hydrogen) atoms. The van der Waals surface area contributed by atoms with Gasteiger partial charge < -0.3 is 14.4 Å². The van der Waals surface area contributed by atoms with Crippen LogP contribution in [0.3, 0.4) is 0 Å². The highest BCUT2D eigenvalue weighted by atomic mass is 35.5. The van der Waals surface area contributed by atoms with Gasteiger partial charge in [-0.1, -0.05) is 11.6 Å². The number of anilines is 1. The molecule has 0 saturated carbocycles. The van der Waals surface area contributed by atoms with Gasteiger partial charge in [-0.05, 0) is 18.9 Å². The number of aromatic nitrogens is 1. The zero-order chi connectivity index (χ0) is 13.8. The summed E-state index contributed by atoms with van der Waals surface area (Å²) in [5, 5.41) is 0.372. The molecule has 2 heterocycles. The van der Waals surface area contributed by atoms with Gasteiger partial charge in [0.1, 0.15) is 10.7 Å². The predicted octanol–water partition coefficient (Wildman–Crippen LogP) is 2.14. The zero-order valence-electron chi connectivity index (χ0n) is 11.1. The summed E-state index contributed by atoms with van der Waals surface area (Å²) in [4.78, 5) is 17.8. The van der Waals surface area contributed by atoms with Crippen molar-refractivity contribution in [2.24, 2.45) is 0 Å². The van der Waals surface area contributed by atoms with E-state index in [-0.39, 0.29) is 6.10 Å². The summed E-state index contributed by atoms with van der Waals surface area (Å²) >= 11 is 5.93. The molecule has 6 heteroatoms. The third kappa shape index (κ3) is 3.16. The van der Waals surface area contributed by atoms with Gasteiger partial charge in [-0.15, -0.1) is 0 Å². The maximum atomic E-state index is 11.8. The number of nitrogens with zero attached hydrogens (tertiary/aromatic N) is 2. The van der Waals surface area contributed by atoms with Crippen molar-refractivity contribution < 1.29 is 14.3 Å². The van der Waals surface area contributed by atoms with Gasteiger partial charge in [0.2, 0.25) is 0 Å². The topological polar surface area (TPSA) is 51.7 Å². The van der Waals surface area contributed by atoms with Crippen molar-refractivity contribution >= 4 is 23.3 Å². The lowest BCUT2D eigenvalue weighted by atomic mass is 10.1. The Bertz CT molecular complexity index is 459. The number of methoxy groups -OCH3 is 2. The van der Waals surface area contributed by atoms with Crippen LogP contribution in [-0.2, 0) is 9.47 Å². The lowest BCUT2D eigenvalue weighted by Crippen LogP contribution is -2.37. The molecule has 1 saturated heterocycles. The third-order valence-electron chi connectivity index (χ3n) is 3.37. The van der Waals surface area contributed by atoms with Gasteiger partial charge in [0.25, 0.3) is 0 Å². The Kier molecular flexibility index (Phi) is 4.61. The first-order valence-corrected chi connectivity index (χ1v) is 6.55. The molecule has 0 N–H and O–H groups in total. The normalized spacial score (nSPS) is 16.5. The van der Waals surface area contributed by atoms with Gasteiger partial charge in [-0.2, -0.15) is 0 Å². The maximum absolute atomic E-state index is 11.8. The molecule has 0 atom stereocenters. The summed E-state index contributed by atoms with van der Waals surface area (Å²) < 4.78 is 10.1. The van der Waals surface area contributed by atoms with Crippen LogP contribution in [0.1, 0.15) is 23.2 Å². The van der Waals surface area contributed by atoms with Gasteiger partial charge >= 0.3 is 5.97 Å². The Morgan fingerprint density at radius 3 is 2.68 bits per heavy atom. The minimum Gasteiger partial charge on any atom is -0.465 e. The van der Waals surface area contributed by atoms with Crippen molar-refractivity contribution in [2.45, 2.75) is 18.9 Å². The second-order valence-electron chi connectivity index (χ2n) is 4.44. The molecule has 1 aromatic rings. The number of ether oxygens (including phenoxy) is 2. The molecule has 0 aromatic carbocycles. The maximum Gasteiger partial charge on any atom is 0.341 e. The average Bonchev–Trinajstić information content (AvgIpc) is 2.46. The first-order valence-electron chi connectivity index (χ1n) is 6.17. The van der Waals surface area contributed by atoms with Crippen LogP contribution < -0.4 is 4.90 Å². The SMILES string of the molecule is COC(=O)c1cnc(Cl)cc1N1CCC(OC)CC1. The zero-order valence-corrected chi connectivity index (χ0v) is 11.8. The molecule has 1 aliphatic rings. The highest BCUT2D eigenvalue weighted by Crippen LogP contribution is 2.27. The lowest BCUT2D eigenvalue weighted by Gasteiger charge is -2.33. The van der Waals surface area contributed by atoms with E-state index in [1.165, 1.54) is 13.3 Å². The van der Waals surface area contributed by atoms with E-state index in [1.54, 1.807) is 13.2 Å². The highest BCUT2D eigenvalue weighted by Gasteiger charge is 2.23. The molecular formula is C13H17ClN2O3. The van der Waals surface area contributed by atoms with Crippen LogP contribution in [0, 0.1) is 0 Å². The number of rotatable bonds is 3. The van der Waals surface area contributed by atoms with Gasteiger partial charge in [-0.25, -0.2) is 9.78 Å². The molecule has 5 nitrogen and oxygen atoms in total. The second kappa shape index (κ2) is 6.21. The van der Waals surface area contributed by atoms with Crippen molar-refractivity contribution in [3.05, 3.63) is 23.0 Å². The van der Waals surface area contributed by atoms with Crippen LogP contribution in [0.2, 0.25) is 5.15 Å². The van der Waals surface area contributed by atoms with E-state index in [1.807, 2.05) is 0 Å². The van der Waals surface area contributed by atoms with Crippen molar-refractivity contribution in [3.8, 4) is 0 Å². The van der Waals surface area contributed by atoms with E-state index in [2.05, 4.69) is 9.88 Å². The van der Waals surface area contributed by atoms with Gasteiger partial charge in [0.15, 0.2) is 0 Å². The standard InChI is InChI=1S/C13H17ClN2O3/c1-18-9-3-5-16(6-4-9)11-7-12(14)15-8-10(11)13(17)19-2/h7-9H,3-6H2,1-2H3. The third-order valence-corrected chi connectivity index (χ3v) is 3.58. The monoisotopic (exact) mass is 284 g/mol. The number of piperidine rings is 1. The molecule has 0 aliphatic carbocycles. The van der Waals surface area contributed by atoms with E-state index < -0.39 is 5.97 Å². The number of hydrogen-bond acceptors (Lipinski definition) is 5. The van der Waals surface area contributed by atoms with E-state index in [4.69, 9.17) is 21.1 Å². The Balaban J connectivity index is 2.23.